The van der Waals surface area contributed by atoms with Crippen LogP contribution in [0.5, 0.6) is 0 Å². The summed E-state index contributed by atoms with van der Waals surface area (Å²) in [7, 11) is 1.76. The van der Waals surface area contributed by atoms with Gasteiger partial charge in [0.1, 0.15) is 5.82 Å². The molecule has 0 fully saturated rings. The van der Waals surface area contributed by atoms with E-state index in [2.05, 4.69) is 10.4 Å². The number of rotatable bonds is 2. The van der Waals surface area contributed by atoms with Gasteiger partial charge in [-0.25, -0.2) is 4.39 Å². The van der Waals surface area contributed by atoms with Crippen molar-refractivity contribution >= 4 is 11.6 Å². The molecule has 1 N–H and O–H groups in total. The summed E-state index contributed by atoms with van der Waals surface area (Å²) in [6.07, 6.45) is 0. The molecule has 0 radical (unpaired) electrons. The van der Waals surface area contributed by atoms with E-state index in [1.165, 1.54) is 18.2 Å². The molecule has 2 aromatic rings. The highest BCUT2D eigenvalue weighted by atomic mass is 19.1. The molecule has 0 saturated heterocycles. The zero-order valence-electron chi connectivity index (χ0n) is 9.57. The van der Waals surface area contributed by atoms with Crippen LogP contribution in [-0.2, 0) is 7.05 Å². The number of aryl methyl sites for hydroxylation is 2. The van der Waals surface area contributed by atoms with Crippen molar-refractivity contribution in [1.29, 1.82) is 0 Å². The van der Waals surface area contributed by atoms with Crippen LogP contribution in [0.4, 0.5) is 10.1 Å². The lowest BCUT2D eigenvalue weighted by Crippen LogP contribution is -2.13. The van der Waals surface area contributed by atoms with E-state index >= 15 is 0 Å². The highest BCUT2D eigenvalue weighted by molar-refractivity contribution is 6.02. The average Bonchev–Trinajstić information content (AvgIpc) is 2.59. The topological polar surface area (TPSA) is 46.9 Å². The fourth-order valence-corrected chi connectivity index (χ4v) is 1.43. The first-order valence-electron chi connectivity index (χ1n) is 5.14. The zero-order valence-corrected chi connectivity index (χ0v) is 9.57. The summed E-state index contributed by atoms with van der Waals surface area (Å²) >= 11 is 0. The molecule has 4 nitrogen and oxygen atoms in total. The third kappa shape index (κ3) is 2.50. The molecule has 1 heterocycles. The molecular weight excluding hydrogens is 221 g/mol. The maximum Gasteiger partial charge on any atom is 0.276 e. The van der Waals surface area contributed by atoms with Crippen molar-refractivity contribution in [2.45, 2.75) is 6.92 Å². The summed E-state index contributed by atoms with van der Waals surface area (Å²) in [4.78, 5) is 11.8. The maximum absolute atomic E-state index is 12.9. The first-order chi connectivity index (χ1) is 8.06. The van der Waals surface area contributed by atoms with Gasteiger partial charge in [0.2, 0.25) is 0 Å². The van der Waals surface area contributed by atoms with Gasteiger partial charge in [-0.3, -0.25) is 9.48 Å². The van der Waals surface area contributed by atoms with Gasteiger partial charge >= 0.3 is 0 Å². The Morgan fingerprint density at radius 3 is 2.76 bits per heavy atom. The van der Waals surface area contributed by atoms with Gasteiger partial charge in [0.15, 0.2) is 5.69 Å². The molecule has 0 bridgehead atoms. The number of nitrogens with zero attached hydrogens (tertiary/aromatic N) is 2. The fraction of sp³-hybridized carbons (Fsp3) is 0.167. The molecule has 0 aliphatic rings. The minimum absolute atomic E-state index is 0.314. The molecule has 1 aromatic carbocycles. The van der Waals surface area contributed by atoms with Crippen LogP contribution in [-0.4, -0.2) is 15.7 Å². The standard InChI is InChI=1S/C12H12FN3O/c1-8-6-11(15-16(8)2)12(17)14-10-5-3-4-9(13)7-10/h3-7H,1-2H3,(H,14,17). The second-order valence-corrected chi connectivity index (χ2v) is 3.76. The Bertz CT molecular complexity index is 543. The molecule has 1 aromatic heterocycles. The van der Waals surface area contributed by atoms with E-state index in [1.54, 1.807) is 23.9 Å². The Labute approximate surface area is 98.1 Å². The van der Waals surface area contributed by atoms with Crippen molar-refractivity contribution in [1.82, 2.24) is 9.78 Å². The van der Waals surface area contributed by atoms with Crippen molar-refractivity contribution in [3.05, 3.63) is 47.5 Å². The van der Waals surface area contributed by atoms with Crippen LogP contribution in [0.2, 0.25) is 0 Å². The van der Waals surface area contributed by atoms with Crippen LogP contribution in [0.15, 0.2) is 30.3 Å². The van der Waals surface area contributed by atoms with Gasteiger partial charge < -0.3 is 5.32 Å². The first-order valence-corrected chi connectivity index (χ1v) is 5.14. The Hall–Kier alpha value is -2.17. The van der Waals surface area contributed by atoms with Gasteiger partial charge in [-0.05, 0) is 31.2 Å². The molecule has 5 heteroatoms. The highest BCUT2D eigenvalue weighted by Gasteiger charge is 2.11. The van der Waals surface area contributed by atoms with Gasteiger partial charge in [-0.1, -0.05) is 6.07 Å². The van der Waals surface area contributed by atoms with Crippen molar-refractivity contribution in [2.24, 2.45) is 7.05 Å². The van der Waals surface area contributed by atoms with Crippen LogP contribution in [0.25, 0.3) is 0 Å². The number of carbonyl (C=O) groups is 1. The molecule has 88 valence electrons. The van der Waals surface area contributed by atoms with E-state index in [-0.39, 0.29) is 11.7 Å². The van der Waals surface area contributed by atoms with E-state index in [4.69, 9.17) is 0 Å². The van der Waals surface area contributed by atoms with E-state index in [9.17, 15) is 9.18 Å². The minimum Gasteiger partial charge on any atom is -0.320 e. The molecule has 0 saturated carbocycles. The number of nitrogens with one attached hydrogen (secondary N) is 1. The van der Waals surface area contributed by atoms with E-state index < -0.39 is 0 Å². The van der Waals surface area contributed by atoms with Crippen molar-refractivity contribution in [3.63, 3.8) is 0 Å². The molecule has 0 spiro atoms. The Morgan fingerprint density at radius 2 is 2.18 bits per heavy atom. The van der Waals surface area contributed by atoms with Gasteiger partial charge in [-0.15, -0.1) is 0 Å². The molecule has 17 heavy (non-hydrogen) atoms. The SMILES string of the molecule is Cc1cc(C(=O)Nc2cccc(F)c2)nn1C. The normalized spacial score (nSPS) is 10.3. The lowest BCUT2D eigenvalue weighted by atomic mass is 10.3. The van der Waals surface area contributed by atoms with Crippen LogP contribution in [0.1, 0.15) is 16.2 Å². The number of hydrogen-bond donors (Lipinski definition) is 1. The quantitative estimate of drug-likeness (QED) is 0.863. The number of aromatic nitrogens is 2. The second-order valence-electron chi connectivity index (χ2n) is 3.76. The molecule has 1 amide bonds. The number of amides is 1. The van der Waals surface area contributed by atoms with Gasteiger partial charge in [-0.2, -0.15) is 5.10 Å². The molecule has 2 rings (SSSR count). The summed E-state index contributed by atoms with van der Waals surface area (Å²) in [5, 5.41) is 6.62. The van der Waals surface area contributed by atoms with Crippen molar-refractivity contribution in [2.75, 3.05) is 5.32 Å². The third-order valence-electron chi connectivity index (χ3n) is 2.43. The summed E-state index contributed by atoms with van der Waals surface area (Å²) < 4.78 is 14.5. The number of halogens is 1. The van der Waals surface area contributed by atoms with Crippen molar-refractivity contribution < 1.29 is 9.18 Å². The summed E-state index contributed by atoms with van der Waals surface area (Å²) in [6, 6.07) is 7.41. The van der Waals surface area contributed by atoms with Crippen LogP contribution >= 0.6 is 0 Å². The zero-order chi connectivity index (χ0) is 12.4. The van der Waals surface area contributed by atoms with E-state index in [1.807, 2.05) is 6.92 Å². The Morgan fingerprint density at radius 1 is 1.41 bits per heavy atom. The maximum atomic E-state index is 12.9. The molecule has 0 aliphatic carbocycles. The van der Waals surface area contributed by atoms with Gasteiger partial charge in [0, 0.05) is 18.4 Å². The monoisotopic (exact) mass is 233 g/mol. The Balaban J connectivity index is 2.17. The van der Waals surface area contributed by atoms with Crippen LogP contribution < -0.4 is 5.32 Å². The smallest absolute Gasteiger partial charge is 0.276 e. The molecular formula is C12H12FN3O. The highest BCUT2D eigenvalue weighted by Crippen LogP contribution is 2.11. The van der Waals surface area contributed by atoms with Crippen LogP contribution in [0.3, 0.4) is 0 Å². The predicted molar refractivity (Wildman–Crippen MR) is 62.3 cm³/mol. The first kappa shape index (κ1) is 11.3. The Kier molecular flexibility index (Phi) is 2.91. The molecule has 0 unspecified atom stereocenters. The predicted octanol–water partition coefficient (Wildman–Crippen LogP) is 2.12. The van der Waals surface area contributed by atoms with Crippen molar-refractivity contribution in [3.8, 4) is 0 Å². The van der Waals surface area contributed by atoms with Crippen LogP contribution in [0, 0.1) is 12.7 Å². The lowest BCUT2D eigenvalue weighted by Gasteiger charge is -2.02. The average molecular weight is 233 g/mol. The number of anilines is 1. The summed E-state index contributed by atoms with van der Waals surface area (Å²) in [5.41, 5.74) is 1.61. The largest absolute Gasteiger partial charge is 0.320 e. The molecule has 0 aliphatic heterocycles. The minimum atomic E-state index is -0.389. The summed E-state index contributed by atoms with van der Waals surface area (Å²) in [6.45, 7) is 1.85. The fourth-order valence-electron chi connectivity index (χ4n) is 1.43. The third-order valence-corrected chi connectivity index (χ3v) is 2.43. The lowest BCUT2D eigenvalue weighted by molar-refractivity contribution is 0.102. The van der Waals surface area contributed by atoms with E-state index in [0.717, 1.165) is 5.69 Å². The second kappa shape index (κ2) is 4.37. The number of benzene rings is 1. The number of hydrogen-bond acceptors (Lipinski definition) is 2. The number of carbonyl (C=O) groups excluding carboxylic acids is 1. The van der Waals surface area contributed by atoms with Gasteiger partial charge in [0.05, 0.1) is 0 Å². The molecule has 0 atom stereocenters. The van der Waals surface area contributed by atoms with Gasteiger partial charge in [0.25, 0.3) is 5.91 Å². The summed E-state index contributed by atoms with van der Waals surface area (Å²) in [5.74, 6) is -0.737. The van der Waals surface area contributed by atoms with E-state index in [0.29, 0.717) is 11.4 Å².